The topological polar surface area (TPSA) is 42.2 Å². The minimum absolute atomic E-state index is 0.230. The van der Waals surface area contributed by atoms with Crippen molar-refractivity contribution >= 4 is 0 Å². The molecule has 2 heterocycles. The van der Waals surface area contributed by atoms with E-state index in [0.717, 1.165) is 31.3 Å². The van der Waals surface area contributed by atoms with Gasteiger partial charge in [-0.15, -0.1) is 10.2 Å². The minimum atomic E-state index is 0.230. The zero-order chi connectivity index (χ0) is 15.6. The van der Waals surface area contributed by atoms with Crippen LogP contribution in [0.2, 0.25) is 0 Å². The molecule has 0 radical (unpaired) electrons. The van der Waals surface area contributed by atoms with Crippen molar-refractivity contribution in [1.82, 2.24) is 15.1 Å². The summed E-state index contributed by atoms with van der Waals surface area (Å²) in [5.41, 5.74) is 2.88. The van der Waals surface area contributed by atoms with Gasteiger partial charge in [-0.2, -0.15) is 0 Å². The quantitative estimate of drug-likeness (QED) is 0.857. The van der Waals surface area contributed by atoms with E-state index >= 15 is 0 Å². The molecule has 0 N–H and O–H groups in total. The van der Waals surface area contributed by atoms with Crippen LogP contribution in [0.25, 0.3) is 0 Å². The smallest absolute Gasteiger partial charge is 0.233 e. The van der Waals surface area contributed by atoms with Crippen LogP contribution in [-0.4, -0.2) is 21.6 Å². The molecule has 1 aromatic heterocycles. The lowest BCUT2D eigenvalue weighted by atomic mass is 9.87. The van der Waals surface area contributed by atoms with Crippen LogP contribution in [0, 0.1) is 12.8 Å². The van der Waals surface area contributed by atoms with Crippen LogP contribution in [0.3, 0.4) is 0 Å². The highest BCUT2D eigenvalue weighted by Gasteiger charge is 2.32. The molecule has 4 nitrogen and oxygen atoms in total. The van der Waals surface area contributed by atoms with E-state index in [4.69, 9.17) is 4.42 Å². The Bertz CT molecular complexity index is 660. The Morgan fingerprint density at radius 1 is 1.09 bits per heavy atom. The average molecular weight is 311 g/mol. The summed E-state index contributed by atoms with van der Waals surface area (Å²) in [6.07, 6.45) is 7.90. The van der Waals surface area contributed by atoms with E-state index < -0.39 is 0 Å². The molecule has 1 fully saturated rings. The predicted octanol–water partition coefficient (Wildman–Crippen LogP) is 4.06. The third-order valence-electron chi connectivity index (χ3n) is 5.39. The summed E-state index contributed by atoms with van der Waals surface area (Å²) in [6.45, 7) is 4.03. The summed E-state index contributed by atoms with van der Waals surface area (Å²) < 4.78 is 5.79. The molecule has 0 amide bonds. The third kappa shape index (κ3) is 3.18. The number of aromatic nitrogens is 2. The van der Waals surface area contributed by atoms with Gasteiger partial charge in [-0.25, -0.2) is 0 Å². The molecule has 0 spiro atoms. The Morgan fingerprint density at radius 3 is 2.61 bits per heavy atom. The third-order valence-corrected chi connectivity index (χ3v) is 5.39. The normalized spacial score (nSPS) is 22.9. The molecule has 0 bridgehead atoms. The number of rotatable bonds is 3. The maximum atomic E-state index is 5.79. The molecule has 1 atom stereocenters. The van der Waals surface area contributed by atoms with Gasteiger partial charge < -0.3 is 4.42 Å². The highest BCUT2D eigenvalue weighted by atomic mass is 16.4. The second-order valence-corrected chi connectivity index (χ2v) is 7.08. The van der Waals surface area contributed by atoms with Gasteiger partial charge in [0.1, 0.15) is 0 Å². The highest BCUT2D eigenvalue weighted by molar-refractivity contribution is 5.30. The van der Waals surface area contributed by atoms with Crippen LogP contribution >= 0.6 is 0 Å². The fourth-order valence-electron chi connectivity index (χ4n) is 4.16. The van der Waals surface area contributed by atoms with E-state index in [0.29, 0.717) is 5.89 Å². The number of aryl methyl sites for hydroxylation is 1. The highest BCUT2D eigenvalue weighted by Crippen LogP contribution is 2.35. The van der Waals surface area contributed by atoms with Crippen molar-refractivity contribution in [3.8, 4) is 0 Å². The molecular formula is C19H25N3O. The first kappa shape index (κ1) is 14.9. The SMILES string of the molecule is Cc1nnc([C@@H]2Cc3ccccc3CN2CC2CCCCC2)o1. The molecule has 23 heavy (non-hydrogen) atoms. The zero-order valence-electron chi connectivity index (χ0n) is 13.9. The predicted molar refractivity (Wildman–Crippen MR) is 88.9 cm³/mol. The van der Waals surface area contributed by atoms with Gasteiger partial charge in [-0.3, -0.25) is 4.90 Å². The minimum Gasteiger partial charge on any atom is -0.424 e. The summed E-state index contributed by atoms with van der Waals surface area (Å²) in [6, 6.07) is 9.01. The van der Waals surface area contributed by atoms with Gasteiger partial charge in [0.15, 0.2) is 0 Å². The Balaban J connectivity index is 1.60. The number of hydrogen-bond donors (Lipinski definition) is 0. The summed E-state index contributed by atoms with van der Waals surface area (Å²) in [5, 5.41) is 8.38. The van der Waals surface area contributed by atoms with Gasteiger partial charge >= 0.3 is 0 Å². The van der Waals surface area contributed by atoms with Crippen LogP contribution in [0.15, 0.2) is 28.7 Å². The molecular weight excluding hydrogens is 286 g/mol. The first-order valence-corrected chi connectivity index (χ1v) is 8.90. The van der Waals surface area contributed by atoms with Crippen LogP contribution in [0.4, 0.5) is 0 Å². The van der Waals surface area contributed by atoms with E-state index in [9.17, 15) is 0 Å². The van der Waals surface area contributed by atoms with Crippen LogP contribution < -0.4 is 0 Å². The van der Waals surface area contributed by atoms with Crippen LogP contribution in [-0.2, 0) is 13.0 Å². The molecule has 0 saturated heterocycles. The van der Waals surface area contributed by atoms with E-state index in [1.807, 2.05) is 6.92 Å². The Morgan fingerprint density at radius 2 is 1.87 bits per heavy atom. The molecule has 1 aliphatic heterocycles. The van der Waals surface area contributed by atoms with Crippen LogP contribution in [0.1, 0.15) is 61.1 Å². The van der Waals surface area contributed by atoms with E-state index in [1.54, 1.807) is 0 Å². The Labute approximate surface area is 137 Å². The number of nitrogens with zero attached hydrogens (tertiary/aromatic N) is 3. The lowest BCUT2D eigenvalue weighted by Gasteiger charge is -2.38. The lowest BCUT2D eigenvalue weighted by Crippen LogP contribution is -2.38. The molecule has 4 rings (SSSR count). The number of hydrogen-bond acceptors (Lipinski definition) is 4. The second-order valence-electron chi connectivity index (χ2n) is 7.08. The van der Waals surface area contributed by atoms with Gasteiger partial charge in [0, 0.05) is 20.0 Å². The fourth-order valence-corrected chi connectivity index (χ4v) is 4.16. The van der Waals surface area contributed by atoms with Crippen LogP contribution in [0.5, 0.6) is 0 Å². The summed E-state index contributed by atoms with van der Waals surface area (Å²) >= 11 is 0. The first-order chi connectivity index (χ1) is 11.3. The molecule has 2 aromatic rings. The van der Waals surface area contributed by atoms with Gasteiger partial charge in [-0.05, 0) is 36.3 Å². The molecule has 122 valence electrons. The largest absolute Gasteiger partial charge is 0.424 e. The van der Waals surface area contributed by atoms with Crippen molar-refractivity contribution in [2.45, 2.75) is 58.0 Å². The van der Waals surface area contributed by atoms with E-state index in [1.165, 1.54) is 43.2 Å². The van der Waals surface area contributed by atoms with Gasteiger partial charge in [-0.1, -0.05) is 43.5 Å². The van der Waals surface area contributed by atoms with E-state index in [2.05, 4.69) is 39.4 Å². The molecule has 4 heteroatoms. The van der Waals surface area contributed by atoms with Crippen molar-refractivity contribution in [2.75, 3.05) is 6.54 Å². The molecule has 0 unspecified atom stereocenters. The maximum Gasteiger partial charge on any atom is 0.233 e. The average Bonchev–Trinajstić information content (AvgIpc) is 3.01. The molecule has 1 saturated carbocycles. The number of benzene rings is 1. The van der Waals surface area contributed by atoms with Crippen molar-refractivity contribution in [3.63, 3.8) is 0 Å². The van der Waals surface area contributed by atoms with Gasteiger partial charge in [0.25, 0.3) is 0 Å². The first-order valence-electron chi connectivity index (χ1n) is 8.90. The number of fused-ring (bicyclic) bond motifs is 1. The van der Waals surface area contributed by atoms with E-state index in [-0.39, 0.29) is 6.04 Å². The standard InChI is InChI=1S/C19H25N3O/c1-14-20-21-19(23-14)18-11-16-9-5-6-10-17(16)13-22(18)12-15-7-3-2-4-8-15/h5-6,9-10,15,18H,2-4,7-8,11-13H2,1H3/t18-/m0/s1. The van der Waals surface area contributed by atoms with Crippen molar-refractivity contribution in [3.05, 3.63) is 47.2 Å². The van der Waals surface area contributed by atoms with Crippen molar-refractivity contribution < 1.29 is 4.42 Å². The lowest BCUT2D eigenvalue weighted by molar-refractivity contribution is 0.110. The molecule has 2 aliphatic rings. The van der Waals surface area contributed by atoms with Crippen molar-refractivity contribution in [1.29, 1.82) is 0 Å². The summed E-state index contributed by atoms with van der Waals surface area (Å²) in [4.78, 5) is 2.57. The van der Waals surface area contributed by atoms with Gasteiger partial charge in [0.05, 0.1) is 6.04 Å². The maximum absolute atomic E-state index is 5.79. The summed E-state index contributed by atoms with van der Waals surface area (Å²) in [5.74, 6) is 2.27. The second kappa shape index (κ2) is 6.44. The fraction of sp³-hybridized carbons (Fsp3) is 0.579. The Kier molecular flexibility index (Phi) is 4.17. The molecule has 1 aliphatic carbocycles. The zero-order valence-corrected chi connectivity index (χ0v) is 13.9. The van der Waals surface area contributed by atoms with Crippen molar-refractivity contribution in [2.24, 2.45) is 5.92 Å². The van der Waals surface area contributed by atoms with Gasteiger partial charge in [0.2, 0.25) is 11.8 Å². The Hall–Kier alpha value is -1.68. The summed E-state index contributed by atoms with van der Waals surface area (Å²) in [7, 11) is 0. The molecule has 1 aromatic carbocycles. The monoisotopic (exact) mass is 311 g/mol.